The third kappa shape index (κ3) is 3.50. The Hall–Kier alpha value is -1.58. The van der Waals surface area contributed by atoms with E-state index < -0.39 is 0 Å². The number of nitrogens with zero attached hydrogens (tertiary/aromatic N) is 1. The summed E-state index contributed by atoms with van der Waals surface area (Å²) in [5.74, 6) is 0.317. The molecule has 2 rings (SSSR count). The Morgan fingerprint density at radius 3 is 2.60 bits per heavy atom. The van der Waals surface area contributed by atoms with Crippen LogP contribution in [0.1, 0.15) is 55.6 Å². The zero-order valence-corrected chi connectivity index (χ0v) is 12.8. The van der Waals surface area contributed by atoms with Crippen molar-refractivity contribution < 1.29 is 9.53 Å². The highest BCUT2D eigenvalue weighted by Gasteiger charge is 2.27. The molecule has 0 amide bonds. The van der Waals surface area contributed by atoms with Crippen molar-refractivity contribution >= 4 is 11.8 Å². The Balaban J connectivity index is 2.12. The van der Waals surface area contributed by atoms with E-state index in [2.05, 4.69) is 24.1 Å². The molecule has 1 heterocycles. The van der Waals surface area contributed by atoms with Gasteiger partial charge in [-0.05, 0) is 50.2 Å². The van der Waals surface area contributed by atoms with Crippen LogP contribution in [-0.2, 0) is 4.74 Å². The lowest BCUT2D eigenvalue weighted by molar-refractivity contribution is 0.0601. The topological polar surface area (TPSA) is 51.2 Å². The predicted octanol–water partition coefficient (Wildman–Crippen LogP) is 3.56. The lowest BCUT2D eigenvalue weighted by Gasteiger charge is -2.35. The summed E-state index contributed by atoms with van der Waals surface area (Å²) in [4.78, 5) is 16.2. The minimum absolute atomic E-state index is 0.337. The highest BCUT2D eigenvalue weighted by molar-refractivity contribution is 5.94. The number of esters is 1. The zero-order valence-electron chi connectivity index (χ0n) is 12.8. The number of carbonyl (C=O) groups excluding carboxylic acids is 1. The summed E-state index contributed by atoms with van der Waals surface area (Å²) < 4.78 is 4.82. The maximum absolute atomic E-state index is 11.8. The molecule has 0 atom stereocenters. The number of pyridine rings is 1. The number of methoxy groups -OCH3 is 1. The Labute approximate surface area is 120 Å². The van der Waals surface area contributed by atoms with Gasteiger partial charge in [0.25, 0.3) is 0 Å². The lowest BCUT2D eigenvalue weighted by atomic mass is 9.75. The van der Waals surface area contributed by atoms with Crippen LogP contribution in [0.25, 0.3) is 0 Å². The van der Waals surface area contributed by atoms with Crippen LogP contribution < -0.4 is 5.32 Å². The van der Waals surface area contributed by atoms with Crippen LogP contribution in [0.4, 0.5) is 5.82 Å². The van der Waals surface area contributed by atoms with E-state index in [9.17, 15) is 4.79 Å². The molecule has 0 aliphatic heterocycles. The number of aryl methyl sites for hydroxylation is 1. The standard InChI is InChI=1S/C16H24N2O2/c1-11-5-6-13(15(19)20-4)14(17-11)18-12-7-9-16(2,3)10-8-12/h5-6,12H,7-10H2,1-4H3,(H,17,18). The molecule has 0 radical (unpaired) electrons. The van der Waals surface area contributed by atoms with E-state index in [1.54, 1.807) is 6.07 Å². The number of anilines is 1. The van der Waals surface area contributed by atoms with Crippen molar-refractivity contribution in [1.29, 1.82) is 0 Å². The number of hydrogen-bond donors (Lipinski definition) is 1. The molecular formula is C16H24N2O2. The summed E-state index contributed by atoms with van der Waals surface area (Å²) in [6.07, 6.45) is 4.63. The van der Waals surface area contributed by atoms with Gasteiger partial charge in [-0.25, -0.2) is 9.78 Å². The van der Waals surface area contributed by atoms with Gasteiger partial charge in [-0.15, -0.1) is 0 Å². The van der Waals surface area contributed by atoms with Crippen LogP contribution in [-0.4, -0.2) is 24.1 Å². The average molecular weight is 276 g/mol. The Kier molecular flexibility index (Phi) is 4.31. The van der Waals surface area contributed by atoms with Crippen LogP contribution >= 0.6 is 0 Å². The quantitative estimate of drug-likeness (QED) is 0.858. The average Bonchev–Trinajstić information content (AvgIpc) is 2.40. The second-order valence-corrected chi connectivity index (χ2v) is 6.42. The summed E-state index contributed by atoms with van der Waals surface area (Å²) in [7, 11) is 1.40. The highest BCUT2D eigenvalue weighted by Crippen LogP contribution is 2.36. The van der Waals surface area contributed by atoms with Gasteiger partial charge in [0, 0.05) is 11.7 Å². The van der Waals surface area contributed by atoms with E-state index in [1.807, 2.05) is 13.0 Å². The largest absolute Gasteiger partial charge is 0.465 e. The molecule has 1 N–H and O–H groups in total. The molecule has 0 bridgehead atoms. The number of carbonyl (C=O) groups is 1. The minimum atomic E-state index is -0.337. The van der Waals surface area contributed by atoms with Gasteiger partial charge in [-0.1, -0.05) is 13.8 Å². The maximum Gasteiger partial charge on any atom is 0.341 e. The summed E-state index contributed by atoms with van der Waals surface area (Å²) in [5, 5.41) is 3.43. The van der Waals surface area contributed by atoms with Crippen molar-refractivity contribution in [3.63, 3.8) is 0 Å². The van der Waals surface area contributed by atoms with E-state index in [-0.39, 0.29) is 5.97 Å². The molecule has 20 heavy (non-hydrogen) atoms. The highest BCUT2D eigenvalue weighted by atomic mass is 16.5. The molecule has 0 spiro atoms. The summed E-state index contributed by atoms with van der Waals surface area (Å²) in [6.45, 7) is 6.55. The predicted molar refractivity (Wildman–Crippen MR) is 80.0 cm³/mol. The molecule has 0 saturated heterocycles. The number of nitrogens with one attached hydrogen (secondary N) is 1. The SMILES string of the molecule is COC(=O)c1ccc(C)nc1NC1CCC(C)(C)CC1. The molecule has 1 aromatic rings. The van der Waals surface area contributed by atoms with E-state index in [1.165, 1.54) is 20.0 Å². The zero-order chi connectivity index (χ0) is 14.8. The maximum atomic E-state index is 11.8. The third-order valence-electron chi connectivity index (χ3n) is 4.12. The molecule has 110 valence electrons. The number of aromatic nitrogens is 1. The first-order chi connectivity index (χ1) is 9.41. The molecule has 0 unspecified atom stereocenters. The number of ether oxygens (including phenoxy) is 1. The van der Waals surface area contributed by atoms with Crippen LogP contribution in [0, 0.1) is 12.3 Å². The van der Waals surface area contributed by atoms with Gasteiger partial charge < -0.3 is 10.1 Å². The van der Waals surface area contributed by atoms with E-state index >= 15 is 0 Å². The van der Waals surface area contributed by atoms with Crippen molar-refractivity contribution in [2.75, 3.05) is 12.4 Å². The first-order valence-corrected chi connectivity index (χ1v) is 7.24. The molecule has 1 aliphatic rings. The first kappa shape index (κ1) is 14.8. The molecule has 1 aliphatic carbocycles. The van der Waals surface area contributed by atoms with E-state index in [0.717, 1.165) is 18.5 Å². The Morgan fingerprint density at radius 2 is 2.00 bits per heavy atom. The fourth-order valence-corrected chi connectivity index (χ4v) is 2.68. The van der Waals surface area contributed by atoms with Crippen LogP contribution in [0.5, 0.6) is 0 Å². The van der Waals surface area contributed by atoms with Gasteiger partial charge in [-0.2, -0.15) is 0 Å². The second kappa shape index (κ2) is 5.81. The van der Waals surface area contributed by atoms with Gasteiger partial charge >= 0.3 is 5.97 Å². The Bertz CT molecular complexity index is 487. The normalized spacial score (nSPS) is 18.6. The molecule has 4 nitrogen and oxygen atoms in total. The van der Waals surface area contributed by atoms with Crippen LogP contribution in [0.15, 0.2) is 12.1 Å². The van der Waals surface area contributed by atoms with Gasteiger partial charge in [0.1, 0.15) is 11.4 Å². The van der Waals surface area contributed by atoms with Gasteiger partial charge in [0.2, 0.25) is 0 Å². The van der Waals surface area contributed by atoms with E-state index in [4.69, 9.17) is 4.74 Å². The van der Waals surface area contributed by atoms with Crippen molar-refractivity contribution in [3.8, 4) is 0 Å². The lowest BCUT2D eigenvalue weighted by Crippen LogP contribution is -2.30. The van der Waals surface area contributed by atoms with Crippen molar-refractivity contribution in [2.24, 2.45) is 5.41 Å². The van der Waals surface area contributed by atoms with Gasteiger partial charge in [-0.3, -0.25) is 0 Å². The minimum Gasteiger partial charge on any atom is -0.465 e. The monoisotopic (exact) mass is 276 g/mol. The van der Waals surface area contributed by atoms with Gasteiger partial charge in [0.05, 0.1) is 7.11 Å². The van der Waals surface area contributed by atoms with Crippen molar-refractivity contribution in [2.45, 2.75) is 52.5 Å². The molecule has 1 aromatic heterocycles. The molecule has 4 heteroatoms. The van der Waals surface area contributed by atoms with Crippen molar-refractivity contribution in [3.05, 3.63) is 23.4 Å². The fraction of sp³-hybridized carbons (Fsp3) is 0.625. The second-order valence-electron chi connectivity index (χ2n) is 6.42. The van der Waals surface area contributed by atoms with Gasteiger partial charge in [0.15, 0.2) is 0 Å². The molecule has 1 saturated carbocycles. The third-order valence-corrected chi connectivity index (χ3v) is 4.12. The number of hydrogen-bond acceptors (Lipinski definition) is 4. The summed E-state index contributed by atoms with van der Waals surface area (Å²) in [5.41, 5.74) is 1.85. The molecule has 0 aromatic carbocycles. The van der Waals surface area contributed by atoms with Crippen LogP contribution in [0.2, 0.25) is 0 Å². The smallest absolute Gasteiger partial charge is 0.341 e. The number of rotatable bonds is 3. The fourth-order valence-electron chi connectivity index (χ4n) is 2.68. The first-order valence-electron chi connectivity index (χ1n) is 7.24. The van der Waals surface area contributed by atoms with E-state index in [0.29, 0.717) is 22.8 Å². The summed E-state index contributed by atoms with van der Waals surface area (Å²) in [6, 6.07) is 4.01. The summed E-state index contributed by atoms with van der Waals surface area (Å²) >= 11 is 0. The molecule has 1 fully saturated rings. The Morgan fingerprint density at radius 1 is 1.35 bits per heavy atom. The van der Waals surface area contributed by atoms with Crippen LogP contribution in [0.3, 0.4) is 0 Å². The van der Waals surface area contributed by atoms with Crippen molar-refractivity contribution in [1.82, 2.24) is 4.98 Å². The molecular weight excluding hydrogens is 252 g/mol.